The number of allylic oxidation sites excluding steroid dienone is 5. The highest BCUT2D eigenvalue weighted by Crippen LogP contribution is 2.38. The molecule has 1 heterocycles. The van der Waals surface area contributed by atoms with Crippen LogP contribution < -0.4 is 0 Å². The molecule has 0 saturated heterocycles. The van der Waals surface area contributed by atoms with Gasteiger partial charge >= 0.3 is 0 Å². The highest BCUT2D eigenvalue weighted by atomic mass is 16.7. The lowest BCUT2D eigenvalue weighted by molar-refractivity contribution is -0.160. The van der Waals surface area contributed by atoms with Gasteiger partial charge in [0, 0.05) is 7.05 Å². The molecule has 0 radical (unpaired) electrons. The summed E-state index contributed by atoms with van der Waals surface area (Å²) in [7, 11) is 3.05. The van der Waals surface area contributed by atoms with E-state index in [-0.39, 0.29) is 5.91 Å². The van der Waals surface area contributed by atoms with Crippen LogP contribution in [0.15, 0.2) is 84.7 Å². The van der Waals surface area contributed by atoms with E-state index in [0.29, 0.717) is 18.7 Å². The first-order valence-electron chi connectivity index (χ1n) is 10.8. The number of hydrogen-bond acceptors (Lipinski definition) is 4. The largest absolute Gasteiger partial charge is 0.294 e. The molecule has 1 aliphatic heterocycles. The molecular weight excluding hydrogens is 386 g/mol. The van der Waals surface area contributed by atoms with Crippen LogP contribution in [0, 0.1) is 0 Å². The van der Waals surface area contributed by atoms with Crippen LogP contribution in [0.25, 0.3) is 0 Å². The molecule has 1 aliphatic rings. The van der Waals surface area contributed by atoms with Crippen LogP contribution in [0.3, 0.4) is 0 Å². The van der Waals surface area contributed by atoms with Crippen LogP contribution >= 0.6 is 0 Å². The smallest absolute Gasteiger partial charge is 0.274 e. The van der Waals surface area contributed by atoms with Gasteiger partial charge in [0.15, 0.2) is 0 Å². The van der Waals surface area contributed by atoms with E-state index in [0.717, 1.165) is 11.3 Å². The first kappa shape index (κ1) is 28.1. The first-order valence-corrected chi connectivity index (χ1v) is 10.8. The number of hydroxylamine groups is 2. The molecule has 1 amide bonds. The van der Waals surface area contributed by atoms with Crippen molar-refractivity contribution in [3.8, 4) is 0 Å². The van der Waals surface area contributed by atoms with E-state index in [4.69, 9.17) is 9.94 Å². The molecule has 2 rings (SSSR count). The van der Waals surface area contributed by atoms with Crippen LogP contribution in [-0.4, -0.2) is 42.4 Å². The van der Waals surface area contributed by atoms with Gasteiger partial charge in [-0.1, -0.05) is 82.8 Å². The Bertz CT molecular complexity index is 781. The zero-order valence-corrected chi connectivity index (χ0v) is 20.3. The summed E-state index contributed by atoms with van der Waals surface area (Å²) in [6, 6.07) is 9.94. The molecule has 0 fully saturated rings. The van der Waals surface area contributed by atoms with Gasteiger partial charge in [0.2, 0.25) is 0 Å². The minimum absolute atomic E-state index is 0.274. The molecule has 31 heavy (non-hydrogen) atoms. The lowest BCUT2D eigenvalue weighted by Gasteiger charge is -2.31. The van der Waals surface area contributed by atoms with Gasteiger partial charge in [0.1, 0.15) is 5.71 Å². The number of hydrazone groups is 1. The van der Waals surface area contributed by atoms with Crippen molar-refractivity contribution in [2.75, 3.05) is 20.7 Å². The quantitative estimate of drug-likeness (QED) is 0.296. The van der Waals surface area contributed by atoms with E-state index in [1.807, 2.05) is 94.3 Å². The van der Waals surface area contributed by atoms with Crippen LogP contribution in [0.4, 0.5) is 0 Å². The van der Waals surface area contributed by atoms with Crippen molar-refractivity contribution in [3.63, 3.8) is 0 Å². The number of rotatable bonds is 8. The van der Waals surface area contributed by atoms with Crippen molar-refractivity contribution in [1.82, 2.24) is 10.1 Å². The molecule has 5 heteroatoms. The van der Waals surface area contributed by atoms with E-state index >= 15 is 0 Å². The minimum atomic E-state index is -0.616. The van der Waals surface area contributed by atoms with Crippen LogP contribution in [0.5, 0.6) is 0 Å². The van der Waals surface area contributed by atoms with E-state index < -0.39 is 5.41 Å². The average Bonchev–Trinajstić information content (AvgIpc) is 3.21. The molecule has 1 unspecified atom stereocenters. The Labute approximate surface area is 189 Å². The lowest BCUT2D eigenvalue weighted by Crippen LogP contribution is -2.46. The summed E-state index contributed by atoms with van der Waals surface area (Å²) in [5, 5.41) is 7.75. The third kappa shape index (κ3) is 6.79. The first-order chi connectivity index (χ1) is 15.0. The molecule has 170 valence electrons. The molecule has 1 aromatic rings. The number of carbonyl (C=O) groups excluding carboxylic acids is 1. The van der Waals surface area contributed by atoms with Crippen LogP contribution in [-0.2, 0) is 15.0 Å². The third-order valence-electron chi connectivity index (χ3n) is 4.60. The molecular formula is C26H39N3O2. The standard InChI is InChI=1S/C22H27N3O2.2C2H6/c1-6-12-19(13-7-2)25-17-22(16-8-3,18-14-10-9-11-15-18)20(23-25)21(26)24(4)27-5;2*1-2/h6-15H,1,3,16-17H2,2,4-5H3;2*1-2H3/b13-7-,19-12+;;. The van der Waals surface area contributed by atoms with Gasteiger partial charge in [-0.05, 0) is 31.1 Å². The highest BCUT2D eigenvalue weighted by molar-refractivity contribution is 6.42. The minimum Gasteiger partial charge on any atom is -0.274 e. The third-order valence-corrected chi connectivity index (χ3v) is 4.60. The molecule has 5 nitrogen and oxygen atoms in total. The predicted molar refractivity (Wildman–Crippen MR) is 133 cm³/mol. The van der Waals surface area contributed by atoms with E-state index in [9.17, 15) is 4.79 Å². The van der Waals surface area contributed by atoms with Crippen LogP contribution in [0.2, 0.25) is 0 Å². The molecule has 0 bridgehead atoms. The molecule has 0 N–H and O–H groups in total. The Hall–Kier alpha value is -2.92. The second-order valence-corrected chi connectivity index (χ2v) is 6.26. The summed E-state index contributed by atoms with van der Waals surface area (Å²) < 4.78 is 0. The summed E-state index contributed by atoms with van der Waals surface area (Å²) in [5.74, 6) is -0.274. The van der Waals surface area contributed by atoms with Crippen molar-refractivity contribution in [2.24, 2.45) is 5.10 Å². The fourth-order valence-electron chi connectivity index (χ4n) is 3.24. The topological polar surface area (TPSA) is 45.1 Å². The Morgan fingerprint density at radius 3 is 2.32 bits per heavy atom. The van der Waals surface area contributed by atoms with Gasteiger partial charge in [0.25, 0.3) is 5.91 Å². The van der Waals surface area contributed by atoms with Crippen molar-refractivity contribution in [1.29, 1.82) is 0 Å². The maximum Gasteiger partial charge on any atom is 0.294 e. The zero-order valence-electron chi connectivity index (χ0n) is 20.3. The molecule has 1 atom stereocenters. The van der Waals surface area contributed by atoms with E-state index in [1.165, 1.54) is 12.2 Å². The van der Waals surface area contributed by atoms with Crippen LogP contribution in [0.1, 0.15) is 46.6 Å². The molecule has 0 aromatic heterocycles. The Morgan fingerprint density at radius 2 is 1.84 bits per heavy atom. The summed E-state index contributed by atoms with van der Waals surface area (Å²) >= 11 is 0. The lowest BCUT2D eigenvalue weighted by atomic mass is 9.73. The number of carbonyl (C=O) groups is 1. The second kappa shape index (κ2) is 15.0. The van der Waals surface area contributed by atoms with E-state index in [1.54, 1.807) is 13.1 Å². The normalized spacial score (nSPS) is 17.7. The number of benzene rings is 1. The average molecular weight is 426 g/mol. The second-order valence-electron chi connectivity index (χ2n) is 6.26. The molecule has 1 aromatic carbocycles. The fraction of sp³-hybridized carbons (Fsp3) is 0.385. The Kier molecular flexibility index (Phi) is 13.6. The number of amides is 1. The number of nitrogens with zero attached hydrogens (tertiary/aromatic N) is 3. The maximum atomic E-state index is 13.1. The maximum absolute atomic E-state index is 13.1. The molecule has 0 saturated carbocycles. The fourth-order valence-corrected chi connectivity index (χ4v) is 3.24. The summed E-state index contributed by atoms with van der Waals surface area (Å²) in [4.78, 5) is 18.2. The monoisotopic (exact) mass is 425 g/mol. The molecule has 0 aliphatic carbocycles. The van der Waals surface area contributed by atoms with Crippen molar-refractivity contribution < 1.29 is 9.63 Å². The van der Waals surface area contributed by atoms with Gasteiger partial charge < -0.3 is 0 Å². The SMILES string of the molecule is C=C/C=C(\C=C/C)N1CC(CC=C)(c2ccccc2)C(C(=O)N(C)OC)=N1.CC.CC. The Balaban J connectivity index is 0.00000212. The van der Waals surface area contributed by atoms with E-state index in [2.05, 4.69) is 13.2 Å². The predicted octanol–water partition coefficient (Wildman–Crippen LogP) is 5.89. The summed E-state index contributed by atoms with van der Waals surface area (Å²) in [6.07, 6.45) is 9.88. The van der Waals surface area contributed by atoms with Gasteiger partial charge in [-0.15, -0.1) is 6.58 Å². The van der Waals surface area contributed by atoms with Crippen molar-refractivity contribution in [2.45, 2.75) is 46.5 Å². The van der Waals surface area contributed by atoms with Gasteiger partial charge in [-0.2, -0.15) is 5.10 Å². The van der Waals surface area contributed by atoms with Crippen molar-refractivity contribution in [3.05, 3.63) is 85.1 Å². The molecule has 0 spiro atoms. The Morgan fingerprint density at radius 1 is 1.23 bits per heavy atom. The van der Waals surface area contributed by atoms with Gasteiger partial charge in [-0.3, -0.25) is 14.6 Å². The van der Waals surface area contributed by atoms with Gasteiger partial charge in [-0.25, -0.2) is 5.06 Å². The van der Waals surface area contributed by atoms with Crippen molar-refractivity contribution >= 4 is 11.6 Å². The zero-order chi connectivity index (χ0) is 23.9. The number of hydrogen-bond donors (Lipinski definition) is 0. The summed E-state index contributed by atoms with van der Waals surface area (Å²) in [6.45, 7) is 18.2. The van der Waals surface area contributed by atoms with Gasteiger partial charge in [0.05, 0.1) is 24.8 Å². The summed E-state index contributed by atoms with van der Waals surface area (Å²) in [5.41, 5.74) is 1.69. The highest BCUT2D eigenvalue weighted by Gasteiger charge is 2.48.